The average molecular weight is 354 g/mol. The molecule has 130 valence electrons. The van der Waals surface area contributed by atoms with Gasteiger partial charge in [0.2, 0.25) is 0 Å². The van der Waals surface area contributed by atoms with Gasteiger partial charge in [0.05, 0.1) is 11.0 Å². The zero-order valence-corrected chi connectivity index (χ0v) is 14.1. The van der Waals surface area contributed by atoms with Crippen molar-refractivity contribution in [2.24, 2.45) is 0 Å². The molecule has 0 bridgehead atoms. The summed E-state index contributed by atoms with van der Waals surface area (Å²) in [5.74, 6) is 0.599. The molecule has 0 aliphatic carbocycles. The number of rotatable bonds is 3. The second-order valence-electron chi connectivity index (χ2n) is 6.16. The van der Waals surface area contributed by atoms with Crippen molar-refractivity contribution in [3.05, 3.63) is 72.3 Å². The van der Waals surface area contributed by atoms with Crippen molar-refractivity contribution in [2.45, 2.75) is 0 Å². The predicted octanol–water partition coefficient (Wildman–Crippen LogP) is 3.75. The molecule has 0 aliphatic heterocycles. The number of nitrogens with one attached hydrogen (secondary N) is 3. The summed E-state index contributed by atoms with van der Waals surface area (Å²) in [7, 11) is 0. The molecule has 3 N–H and O–H groups in total. The summed E-state index contributed by atoms with van der Waals surface area (Å²) in [5.41, 5.74) is 5.48. The molecule has 0 radical (unpaired) electrons. The number of H-pyrrole nitrogens is 2. The van der Waals surface area contributed by atoms with Crippen LogP contribution in [0.2, 0.25) is 0 Å². The van der Waals surface area contributed by atoms with Crippen LogP contribution in [-0.4, -0.2) is 31.3 Å². The van der Waals surface area contributed by atoms with Crippen molar-refractivity contribution < 1.29 is 4.79 Å². The Morgan fingerprint density at radius 3 is 2.52 bits per heavy atom. The molecular weight excluding hydrogens is 340 g/mol. The van der Waals surface area contributed by atoms with E-state index >= 15 is 0 Å². The quantitative estimate of drug-likeness (QED) is 0.459. The number of imidazole rings is 1. The Hall–Kier alpha value is -4.00. The first kappa shape index (κ1) is 15.3. The lowest BCUT2D eigenvalue weighted by atomic mass is 10.1. The number of carbonyl (C=O) groups is 1. The number of amides is 1. The Balaban J connectivity index is 1.37. The second-order valence-corrected chi connectivity index (χ2v) is 6.16. The molecule has 27 heavy (non-hydrogen) atoms. The third kappa shape index (κ3) is 2.81. The van der Waals surface area contributed by atoms with Crippen molar-refractivity contribution in [3.8, 4) is 11.4 Å². The third-order valence-corrected chi connectivity index (χ3v) is 4.38. The molecular formula is C20H14N6O. The van der Waals surface area contributed by atoms with Crippen molar-refractivity contribution >= 4 is 33.7 Å². The smallest absolute Gasteiger partial charge is 0.255 e. The lowest BCUT2D eigenvalue weighted by Crippen LogP contribution is -2.11. The van der Waals surface area contributed by atoms with E-state index < -0.39 is 0 Å². The van der Waals surface area contributed by atoms with Gasteiger partial charge in [-0.15, -0.1) is 0 Å². The van der Waals surface area contributed by atoms with E-state index in [4.69, 9.17) is 0 Å². The molecule has 1 amide bonds. The number of anilines is 1. The van der Waals surface area contributed by atoms with Gasteiger partial charge in [0.25, 0.3) is 5.91 Å². The van der Waals surface area contributed by atoms with Gasteiger partial charge in [0, 0.05) is 16.8 Å². The lowest BCUT2D eigenvalue weighted by Gasteiger charge is -2.06. The number of hydrogen-bond donors (Lipinski definition) is 3. The molecule has 2 heterocycles. The van der Waals surface area contributed by atoms with Gasteiger partial charge in [-0.25, -0.2) is 4.98 Å². The van der Waals surface area contributed by atoms with Crippen LogP contribution in [0.1, 0.15) is 10.4 Å². The Bertz CT molecular complexity index is 1240. The van der Waals surface area contributed by atoms with Gasteiger partial charge < -0.3 is 10.3 Å². The molecule has 3 aromatic carbocycles. The zero-order chi connectivity index (χ0) is 18.2. The van der Waals surface area contributed by atoms with E-state index in [-0.39, 0.29) is 5.91 Å². The van der Waals surface area contributed by atoms with Crippen LogP contribution in [0.15, 0.2) is 66.7 Å². The topological polar surface area (TPSA) is 99.4 Å². The largest absolute Gasteiger partial charge is 0.338 e. The molecule has 2 aromatic heterocycles. The predicted molar refractivity (Wildman–Crippen MR) is 103 cm³/mol. The Kier molecular flexibility index (Phi) is 3.43. The maximum atomic E-state index is 12.5. The fourth-order valence-corrected chi connectivity index (χ4v) is 2.99. The van der Waals surface area contributed by atoms with E-state index in [1.165, 1.54) is 0 Å². The molecule has 7 heteroatoms. The van der Waals surface area contributed by atoms with Crippen molar-refractivity contribution in [1.82, 2.24) is 25.4 Å². The minimum absolute atomic E-state index is 0.198. The van der Waals surface area contributed by atoms with Crippen LogP contribution in [0.4, 0.5) is 5.69 Å². The van der Waals surface area contributed by atoms with Crippen LogP contribution in [0.3, 0.4) is 0 Å². The first-order valence-corrected chi connectivity index (χ1v) is 8.43. The maximum absolute atomic E-state index is 12.5. The van der Waals surface area contributed by atoms with Crippen LogP contribution in [-0.2, 0) is 0 Å². The number of aromatic nitrogens is 5. The van der Waals surface area contributed by atoms with E-state index in [1.54, 1.807) is 18.2 Å². The van der Waals surface area contributed by atoms with E-state index in [0.29, 0.717) is 16.8 Å². The molecule has 0 aliphatic rings. The fourth-order valence-electron chi connectivity index (χ4n) is 2.99. The van der Waals surface area contributed by atoms with Crippen LogP contribution < -0.4 is 5.32 Å². The van der Waals surface area contributed by atoms with Crippen LogP contribution in [0.25, 0.3) is 33.5 Å². The lowest BCUT2D eigenvalue weighted by molar-refractivity contribution is 0.102. The summed E-state index contributed by atoms with van der Waals surface area (Å²) in [6.45, 7) is 0. The third-order valence-electron chi connectivity index (χ3n) is 4.38. The highest BCUT2D eigenvalue weighted by molar-refractivity contribution is 6.05. The van der Waals surface area contributed by atoms with Crippen molar-refractivity contribution in [3.63, 3.8) is 0 Å². The van der Waals surface area contributed by atoms with Gasteiger partial charge in [-0.3, -0.25) is 4.79 Å². The van der Waals surface area contributed by atoms with Crippen LogP contribution in [0, 0.1) is 0 Å². The molecule has 5 rings (SSSR count). The van der Waals surface area contributed by atoms with Gasteiger partial charge in [-0.05, 0) is 54.6 Å². The second kappa shape index (κ2) is 6.06. The van der Waals surface area contributed by atoms with Crippen LogP contribution >= 0.6 is 0 Å². The van der Waals surface area contributed by atoms with E-state index in [0.717, 1.165) is 27.9 Å². The highest BCUT2D eigenvalue weighted by Crippen LogP contribution is 2.22. The van der Waals surface area contributed by atoms with E-state index in [9.17, 15) is 4.79 Å². The molecule has 0 saturated carbocycles. The van der Waals surface area contributed by atoms with Crippen LogP contribution in [0.5, 0.6) is 0 Å². The highest BCUT2D eigenvalue weighted by Gasteiger charge is 2.09. The molecule has 0 fully saturated rings. The minimum atomic E-state index is -0.198. The summed E-state index contributed by atoms with van der Waals surface area (Å²) in [5, 5.41) is 13.4. The maximum Gasteiger partial charge on any atom is 0.255 e. The van der Waals surface area contributed by atoms with Gasteiger partial charge in [0.1, 0.15) is 16.9 Å². The van der Waals surface area contributed by atoms with Gasteiger partial charge in [-0.1, -0.05) is 12.1 Å². The molecule has 5 aromatic rings. The van der Waals surface area contributed by atoms with Gasteiger partial charge in [-0.2, -0.15) is 15.4 Å². The van der Waals surface area contributed by atoms with E-state index in [1.807, 2.05) is 48.5 Å². The molecule has 0 saturated heterocycles. The summed E-state index contributed by atoms with van der Waals surface area (Å²) < 4.78 is 0. The number of carbonyl (C=O) groups excluding carboxylic acids is 1. The van der Waals surface area contributed by atoms with E-state index in [2.05, 4.69) is 30.7 Å². The number of hydrogen-bond acceptors (Lipinski definition) is 4. The average Bonchev–Trinajstić information content (AvgIpc) is 3.34. The highest BCUT2D eigenvalue weighted by atomic mass is 16.1. The fraction of sp³-hybridized carbons (Fsp3) is 0. The molecule has 0 spiro atoms. The Morgan fingerprint density at radius 2 is 1.67 bits per heavy atom. The van der Waals surface area contributed by atoms with Crippen molar-refractivity contribution in [1.29, 1.82) is 0 Å². The Labute approximate surface area is 153 Å². The monoisotopic (exact) mass is 354 g/mol. The zero-order valence-electron chi connectivity index (χ0n) is 14.1. The summed E-state index contributed by atoms with van der Waals surface area (Å²) >= 11 is 0. The number of aromatic amines is 2. The molecule has 7 nitrogen and oxygen atoms in total. The number of para-hydroxylation sites is 2. The van der Waals surface area contributed by atoms with Gasteiger partial charge >= 0.3 is 0 Å². The molecule has 0 atom stereocenters. The normalized spacial score (nSPS) is 11.1. The standard InChI is InChI=1S/C20H14N6O/c27-20(13-7-10-17-18(11-13)25-26-24-17)21-14-8-5-12(6-9-14)19-22-15-3-1-2-4-16(15)23-19/h1-11H,(H,21,27)(H,22,23)(H,24,25,26). The molecule has 0 unspecified atom stereocenters. The summed E-state index contributed by atoms with van der Waals surface area (Å²) in [6.07, 6.45) is 0. The first-order valence-electron chi connectivity index (χ1n) is 8.43. The van der Waals surface area contributed by atoms with Crippen molar-refractivity contribution in [2.75, 3.05) is 5.32 Å². The number of nitrogens with zero attached hydrogens (tertiary/aromatic N) is 3. The summed E-state index contributed by atoms with van der Waals surface area (Å²) in [4.78, 5) is 20.3. The Morgan fingerprint density at radius 1 is 0.852 bits per heavy atom. The SMILES string of the molecule is O=C(Nc1ccc(-c2nc3ccccc3[nH]2)cc1)c1ccc2n[nH]nc2c1. The summed E-state index contributed by atoms with van der Waals surface area (Å²) in [6, 6.07) is 20.6. The number of benzene rings is 3. The first-order chi connectivity index (χ1) is 13.3. The number of fused-ring (bicyclic) bond motifs is 2. The van der Waals surface area contributed by atoms with Gasteiger partial charge in [0.15, 0.2) is 0 Å². The minimum Gasteiger partial charge on any atom is -0.338 e.